The van der Waals surface area contributed by atoms with Crippen LogP contribution >= 0.6 is 0 Å². The molecule has 2 rings (SSSR count). The highest BCUT2D eigenvalue weighted by Crippen LogP contribution is 2.21. The molecule has 6 nitrogen and oxygen atoms in total. The first-order valence-electron chi connectivity index (χ1n) is 5.66. The Balaban J connectivity index is 2.25. The summed E-state index contributed by atoms with van der Waals surface area (Å²) in [6.45, 7) is 1.61. The van der Waals surface area contributed by atoms with Crippen molar-refractivity contribution >= 4 is 17.3 Å². The first kappa shape index (κ1) is 13.6. The fourth-order valence-corrected chi connectivity index (χ4v) is 1.65. The summed E-state index contributed by atoms with van der Waals surface area (Å²) in [5, 5.41) is 13.1. The van der Waals surface area contributed by atoms with Gasteiger partial charge >= 0.3 is 0 Å². The lowest BCUT2D eigenvalue weighted by Gasteiger charge is -2.08. The maximum absolute atomic E-state index is 13.4. The molecule has 20 heavy (non-hydrogen) atoms. The normalized spacial score (nSPS) is 10.1. The van der Waals surface area contributed by atoms with Crippen molar-refractivity contribution < 1.29 is 14.1 Å². The molecule has 7 heteroatoms. The Morgan fingerprint density at radius 1 is 1.40 bits per heavy atom. The van der Waals surface area contributed by atoms with Crippen molar-refractivity contribution in [3.05, 3.63) is 63.7 Å². The van der Waals surface area contributed by atoms with Crippen molar-refractivity contribution in [3.8, 4) is 0 Å². The van der Waals surface area contributed by atoms with Crippen molar-refractivity contribution in [2.24, 2.45) is 0 Å². The van der Waals surface area contributed by atoms with E-state index in [4.69, 9.17) is 0 Å². The molecule has 0 bridgehead atoms. The standard InChI is InChI=1S/C13H10FN3O3/c1-8-7-9(17(19)20)4-5-11(8)16-13(18)10-3-2-6-15-12(10)14/h2-7H,1H3,(H,16,18). The summed E-state index contributed by atoms with van der Waals surface area (Å²) < 4.78 is 13.4. The minimum atomic E-state index is -0.871. The number of anilines is 1. The van der Waals surface area contributed by atoms with Gasteiger partial charge in [-0.05, 0) is 30.7 Å². The molecule has 0 fully saturated rings. The van der Waals surface area contributed by atoms with E-state index in [-0.39, 0.29) is 11.3 Å². The number of carbonyl (C=O) groups is 1. The number of rotatable bonds is 3. The minimum Gasteiger partial charge on any atom is -0.322 e. The Labute approximate surface area is 113 Å². The quantitative estimate of drug-likeness (QED) is 0.530. The molecule has 0 atom stereocenters. The second-order valence-electron chi connectivity index (χ2n) is 4.05. The summed E-state index contributed by atoms with van der Waals surface area (Å²) in [7, 11) is 0. The molecule has 0 aliphatic rings. The predicted molar refractivity (Wildman–Crippen MR) is 70.0 cm³/mol. The number of nitro benzene ring substituents is 1. The number of halogens is 1. The Morgan fingerprint density at radius 3 is 2.75 bits per heavy atom. The van der Waals surface area contributed by atoms with Crippen molar-refractivity contribution in [1.29, 1.82) is 0 Å². The van der Waals surface area contributed by atoms with Gasteiger partial charge in [-0.1, -0.05) is 0 Å². The smallest absolute Gasteiger partial charge is 0.269 e. The van der Waals surface area contributed by atoms with E-state index in [0.29, 0.717) is 11.3 Å². The number of amides is 1. The van der Waals surface area contributed by atoms with Gasteiger partial charge in [0.2, 0.25) is 5.95 Å². The van der Waals surface area contributed by atoms with Gasteiger partial charge < -0.3 is 5.32 Å². The molecule has 102 valence electrons. The van der Waals surface area contributed by atoms with E-state index in [9.17, 15) is 19.3 Å². The molecule has 0 aliphatic heterocycles. The highest BCUT2D eigenvalue weighted by molar-refractivity contribution is 6.04. The fraction of sp³-hybridized carbons (Fsp3) is 0.0769. The molecular weight excluding hydrogens is 265 g/mol. The van der Waals surface area contributed by atoms with Gasteiger partial charge in [-0.2, -0.15) is 4.39 Å². The molecule has 0 saturated heterocycles. The van der Waals surface area contributed by atoms with Gasteiger partial charge in [0.15, 0.2) is 0 Å². The molecule has 1 heterocycles. The van der Waals surface area contributed by atoms with E-state index in [0.717, 1.165) is 0 Å². The van der Waals surface area contributed by atoms with Crippen LogP contribution in [0.3, 0.4) is 0 Å². The van der Waals surface area contributed by atoms with Gasteiger partial charge in [-0.15, -0.1) is 0 Å². The number of pyridine rings is 1. The largest absolute Gasteiger partial charge is 0.322 e. The lowest BCUT2D eigenvalue weighted by Crippen LogP contribution is -2.15. The van der Waals surface area contributed by atoms with Crippen LogP contribution in [0.4, 0.5) is 15.8 Å². The highest BCUT2D eigenvalue weighted by Gasteiger charge is 2.14. The van der Waals surface area contributed by atoms with E-state index in [1.807, 2.05) is 0 Å². The van der Waals surface area contributed by atoms with Crippen LogP contribution in [-0.2, 0) is 0 Å². The molecule has 0 spiro atoms. The fourth-order valence-electron chi connectivity index (χ4n) is 1.65. The maximum Gasteiger partial charge on any atom is 0.269 e. The zero-order valence-electron chi connectivity index (χ0n) is 10.5. The number of carbonyl (C=O) groups excluding carboxylic acids is 1. The van der Waals surface area contributed by atoms with Gasteiger partial charge in [0, 0.05) is 24.0 Å². The summed E-state index contributed by atoms with van der Waals surface area (Å²) in [5.74, 6) is -1.53. The second-order valence-corrected chi connectivity index (χ2v) is 4.05. The molecule has 0 radical (unpaired) electrons. The van der Waals surface area contributed by atoms with Crippen LogP contribution in [0.15, 0.2) is 36.5 Å². The van der Waals surface area contributed by atoms with Gasteiger partial charge in [0.1, 0.15) is 0 Å². The zero-order chi connectivity index (χ0) is 14.7. The highest BCUT2D eigenvalue weighted by atomic mass is 19.1. The molecule has 0 aliphatic carbocycles. The number of hydrogen-bond donors (Lipinski definition) is 1. The van der Waals surface area contributed by atoms with E-state index in [1.54, 1.807) is 6.92 Å². The van der Waals surface area contributed by atoms with Crippen LogP contribution in [0.2, 0.25) is 0 Å². The molecule has 0 saturated carbocycles. The number of nitrogens with one attached hydrogen (secondary N) is 1. The summed E-state index contributed by atoms with van der Waals surface area (Å²) in [6.07, 6.45) is 1.24. The molecule has 1 amide bonds. The minimum absolute atomic E-state index is 0.0759. The Hall–Kier alpha value is -2.83. The number of non-ortho nitro benzene ring substituents is 1. The van der Waals surface area contributed by atoms with Crippen molar-refractivity contribution in [2.75, 3.05) is 5.32 Å². The van der Waals surface area contributed by atoms with E-state index in [1.165, 1.54) is 36.5 Å². The zero-order valence-corrected chi connectivity index (χ0v) is 10.5. The van der Waals surface area contributed by atoms with Gasteiger partial charge in [0.25, 0.3) is 11.6 Å². The molecule has 1 aromatic heterocycles. The van der Waals surface area contributed by atoms with Gasteiger partial charge in [-0.3, -0.25) is 14.9 Å². The van der Waals surface area contributed by atoms with Crippen molar-refractivity contribution in [3.63, 3.8) is 0 Å². The lowest BCUT2D eigenvalue weighted by atomic mass is 10.1. The Morgan fingerprint density at radius 2 is 2.15 bits per heavy atom. The molecule has 2 aromatic rings. The average molecular weight is 275 g/mol. The monoisotopic (exact) mass is 275 g/mol. The third kappa shape index (κ3) is 2.77. The van der Waals surface area contributed by atoms with Crippen LogP contribution in [0.5, 0.6) is 0 Å². The van der Waals surface area contributed by atoms with Crippen LogP contribution < -0.4 is 5.32 Å². The second kappa shape index (κ2) is 5.43. The van der Waals surface area contributed by atoms with Crippen LogP contribution in [-0.4, -0.2) is 15.8 Å². The SMILES string of the molecule is Cc1cc([N+](=O)[O-])ccc1NC(=O)c1cccnc1F. The van der Waals surface area contributed by atoms with E-state index in [2.05, 4.69) is 10.3 Å². The average Bonchev–Trinajstić information content (AvgIpc) is 2.41. The lowest BCUT2D eigenvalue weighted by molar-refractivity contribution is -0.384. The Bertz CT molecular complexity index is 688. The molecular formula is C13H10FN3O3. The molecule has 0 unspecified atom stereocenters. The van der Waals surface area contributed by atoms with Crippen LogP contribution in [0.1, 0.15) is 15.9 Å². The third-order valence-electron chi connectivity index (χ3n) is 2.67. The molecule has 1 N–H and O–H groups in total. The number of nitro groups is 1. The van der Waals surface area contributed by atoms with Crippen LogP contribution in [0, 0.1) is 23.0 Å². The first-order valence-corrected chi connectivity index (χ1v) is 5.66. The van der Waals surface area contributed by atoms with E-state index >= 15 is 0 Å². The van der Waals surface area contributed by atoms with Gasteiger partial charge in [0.05, 0.1) is 10.5 Å². The van der Waals surface area contributed by atoms with Crippen LogP contribution in [0.25, 0.3) is 0 Å². The number of hydrogen-bond acceptors (Lipinski definition) is 4. The summed E-state index contributed by atoms with van der Waals surface area (Å²) in [5.41, 5.74) is 0.624. The summed E-state index contributed by atoms with van der Waals surface area (Å²) >= 11 is 0. The summed E-state index contributed by atoms with van der Waals surface area (Å²) in [4.78, 5) is 25.4. The maximum atomic E-state index is 13.4. The number of aromatic nitrogens is 1. The van der Waals surface area contributed by atoms with E-state index < -0.39 is 16.8 Å². The molecule has 1 aromatic carbocycles. The predicted octanol–water partition coefficient (Wildman–Crippen LogP) is 2.69. The summed E-state index contributed by atoms with van der Waals surface area (Å²) in [6, 6.07) is 6.75. The Kier molecular flexibility index (Phi) is 3.69. The van der Waals surface area contributed by atoms with Gasteiger partial charge in [-0.25, -0.2) is 4.98 Å². The topological polar surface area (TPSA) is 85.1 Å². The third-order valence-corrected chi connectivity index (χ3v) is 2.67. The number of benzene rings is 1. The first-order chi connectivity index (χ1) is 9.49. The number of nitrogens with zero attached hydrogens (tertiary/aromatic N) is 2. The van der Waals surface area contributed by atoms with Crippen molar-refractivity contribution in [1.82, 2.24) is 4.98 Å². The van der Waals surface area contributed by atoms with Crippen molar-refractivity contribution in [2.45, 2.75) is 6.92 Å². The number of aryl methyl sites for hydroxylation is 1.